The van der Waals surface area contributed by atoms with Crippen LogP contribution in [0.2, 0.25) is 0 Å². The summed E-state index contributed by atoms with van der Waals surface area (Å²) in [5, 5.41) is 0. The molecular weight excluding hydrogens is 190 g/mol. The zero-order valence-corrected chi connectivity index (χ0v) is 9.34. The van der Waals surface area contributed by atoms with Gasteiger partial charge in [-0.1, -0.05) is 6.92 Å². The molecule has 0 saturated carbocycles. The van der Waals surface area contributed by atoms with E-state index >= 15 is 0 Å². The lowest BCUT2D eigenvalue weighted by Crippen LogP contribution is -2.35. The Kier molecular flexibility index (Phi) is 5.51. The van der Waals surface area contributed by atoms with E-state index in [-0.39, 0.29) is 5.75 Å². The molecule has 0 atom stereocenters. The third-order valence-corrected chi connectivity index (χ3v) is 2.58. The van der Waals surface area contributed by atoms with Crippen LogP contribution in [-0.2, 0) is 10.1 Å². The van der Waals surface area contributed by atoms with Crippen molar-refractivity contribution in [2.75, 3.05) is 18.8 Å². The Balaban J connectivity index is 3.97. The van der Waals surface area contributed by atoms with E-state index in [9.17, 15) is 8.42 Å². The monoisotopic (exact) mass is 209 g/mol. The summed E-state index contributed by atoms with van der Waals surface area (Å²) in [6, 6.07) is 0.321. The molecule has 0 aromatic carbocycles. The van der Waals surface area contributed by atoms with E-state index in [0.29, 0.717) is 12.6 Å². The fraction of sp³-hybridized carbons (Fsp3) is 1.00. The number of hydrogen-bond donors (Lipinski definition) is 1. The number of rotatable bonds is 6. The molecule has 0 aliphatic rings. The Morgan fingerprint density at radius 1 is 1.31 bits per heavy atom. The van der Waals surface area contributed by atoms with E-state index in [1.165, 1.54) is 0 Å². The third kappa shape index (κ3) is 6.98. The summed E-state index contributed by atoms with van der Waals surface area (Å²) < 4.78 is 29.5. The first-order chi connectivity index (χ1) is 5.87. The second-order valence-electron chi connectivity index (χ2n) is 3.42. The number of hydrogen-bond acceptors (Lipinski definition) is 3. The van der Waals surface area contributed by atoms with Crippen LogP contribution < -0.4 is 0 Å². The van der Waals surface area contributed by atoms with E-state index in [1.807, 2.05) is 25.7 Å². The van der Waals surface area contributed by atoms with Crippen LogP contribution in [0.5, 0.6) is 0 Å². The maximum atomic E-state index is 10.5. The Morgan fingerprint density at radius 3 is 2.15 bits per heavy atom. The average Bonchev–Trinajstić information content (AvgIpc) is 1.95. The van der Waals surface area contributed by atoms with E-state index in [1.54, 1.807) is 0 Å². The Hall–Kier alpha value is -0.130. The molecule has 0 spiro atoms. The Bertz CT molecular complexity index is 224. The van der Waals surface area contributed by atoms with Crippen LogP contribution >= 0.6 is 0 Å². The van der Waals surface area contributed by atoms with Gasteiger partial charge in [0.2, 0.25) is 0 Å². The van der Waals surface area contributed by atoms with Gasteiger partial charge in [0.25, 0.3) is 10.1 Å². The minimum absolute atomic E-state index is 0.175. The van der Waals surface area contributed by atoms with Crippen LogP contribution in [-0.4, -0.2) is 42.8 Å². The third-order valence-electron chi connectivity index (χ3n) is 1.88. The van der Waals surface area contributed by atoms with Gasteiger partial charge in [-0.25, -0.2) is 0 Å². The lowest BCUT2D eigenvalue weighted by atomic mass is 10.3. The van der Waals surface area contributed by atoms with Gasteiger partial charge < -0.3 is 0 Å². The van der Waals surface area contributed by atoms with Crippen LogP contribution in [0.1, 0.15) is 27.2 Å². The van der Waals surface area contributed by atoms with Gasteiger partial charge >= 0.3 is 0 Å². The highest BCUT2D eigenvalue weighted by molar-refractivity contribution is 7.85. The van der Waals surface area contributed by atoms with Crippen LogP contribution in [0.3, 0.4) is 0 Å². The summed E-state index contributed by atoms with van der Waals surface area (Å²) in [5.74, 6) is -0.175. The van der Waals surface area contributed by atoms with Gasteiger partial charge in [-0.05, 0) is 26.8 Å². The first kappa shape index (κ1) is 12.9. The zero-order valence-electron chi connectivity index (χ0n) is 8.52. The lowest BCUT2D eigenvalue weighted by molar-refractivity contribution is 0.234. The molecule has 0 fully saturated rings. The predicted molar refractivity (Wildman–Crippen MR) is 53.4 cm³/mol. The molecule has 0 aliphatic heterocycles. The molecule has 0 aliphatic carbocycles. The molecule has 0 rings (SSSR count). The smallest absolute Gasteiger partial charge is 0.266 e. The number of nitrogens with zero attached hydrogens (tertiary/aromatic N) is 1. The van der Waals surface area contributed by atoms with Crippen molar-refractivity contribution in [3.63, 3.8) is 0 Å². The highest BCUT2D eigenvalue weighted by Gasteiger charge is 2.12. The van der Waals surface area contributed by atoms with Gasteiger partial charge in [-0.15, -0.1) is 0 Å². The van der Waals surface area contributed by atoms with Crippen LogP contribution in [0.25, 0.3) is 0 Å². The Morgan fingerprint density at radius 2 is 1.85 bits per heavy atom. The van der Waals surface area contributed by atoms with Crippen molar-refractivity contribution in [2.24, 2.45) is 0 Å². The van der Waals surface area contributed by atoms with Crippen LogP contribution in [0, 0.1) is 0 Å². The standard InChI is InChI=1S/C8H19NO3S/c1-4-5-9(8(2)3)6-7-13(10,11)12/h8H,4-7H2,1-3H3,(H,10,11,12). The first-order valence-electron chi connectivity index (χ1n) is 4.56. The van der Waals surface area contributed by atoms with Gasteiger partial charge in [0.15, 0.2) is 0 Å². The molecule has 0 radical (unpaired) electrons. The minimum Gasteiger partial charge on any atom is -0.300 e. The molecule has 80 valence electrons. The molecule has 1 N–H and O–H groups in total. The summed E-state index contributed by atoms with van der Waals surface area (Å²) >= 11 is 0. The van der Waals surface area contributed by atoms with Gasteiger partial charge in [0.05, 0.1) is 5.75 Å². The maximum Gasteiger partial charge on any atom is 0.266 e. The quantitative estimate of drug-likeness (QED) is 0.663. The fourth-order valence-electron chi connectivity index (χ4n) is 1.15. The SMILES string of the molecule is CCCN(CCS(=O)(=O)O)C(C)C. The van der Waals surface area contributed by atoms with Crippen molar-refractivity contribution in [3.8, 4) is 0 Å². The molecular formula is C8H19NO3S. The van der Waals surface area contributed by atoms with Gasteiger partial charge in [-0.3, -0.25) is 9.45 Å². The molecule has 0 amide bonds. The van der Waals surface area contributed by atoms with E-state index in [4.69, 9.17) is 4.55 Å². The highest BCUT2D eigenvalue weighted by atomic mass is 32.2. The van der Waals surface area contributed by atoms with E-state index in [0.717, 1.165) is 13.0 Å². The van der Waals surface area contributed by atoms with Crippen molar-refractivity contribution in [1.29, 1.82) is 0 Å². The summed E-state index contributed by atoms with van der Waals surface area (Å²) in [7, 11) is -3.81. The summed E-state index contributed by atoms with van der Waals surface area (Å²) in [6.45, 7) is 7.35. The van der Waals surface area contributed by atoms with Crippen LogP contribution in [0.15, 0.2) is 0 Å². The second kappa shape index (κ2) is 5.57. The normalized spacial score (nSPS) is 12.8. The molecule has 0 aromatic heterocycles. The summed E-state index contributed by atoms with van der Waals surface area (Å²) in [5.41, 5.74) is 0. The highest BCUT2D eigenvalue weighted by Crippen LogP contribution is 2.00. The largest absolute Gasteiger partial charge is 0.300 e. The molecule has 4 nitrogen and oxygen atoms in total. The van der Waals surface area contributed by atoms with Crippen LogP contribution in [0.4, 0.5) is 0 Å². The lowest BCUT2D eigenvalue weighted by Gasteiger charge is -2.24. The van der Waals surface area contributed by atoms with E-state index < -0.39 is 10.1 Å². The predicted octanol–water partition coefficient (Wildman–Crippen LogP) is 0.995. The first-order valence-corrected chi connectivity index (χ1v) is 6.17. The van der Waals surface area contributed by atoms with Crippen molar-refractivity contribution in [1.82, 2.24) is 4.90 Å². The van der Waals surface area contributed by atoms with Crippen molar-refractivity contribution in [3.05, 3.63) is 0 Å². The zero-order chi connectivity index (χ0) is 10.5. The molecule has 0 saturated heterocycles. The summed E-state index contributed by atoms with van der Waals surface area (Å²) in [4.78, 5) is 2.04. The van der Waals surface area contributed by atoms with E-state index in [2.05, 4.69) is 0 Å². The molecule has 0 bridgehead atoms. The van der Waals surface area contributed by atoms with Gasteiger partial charge in [-0.2, -0.15) is 8.42 Å². The van der Waals surface area contributed by atoms with Gasteiger partial charge in [0, 0.05) is 12.6 Å². The molecule has 0 heterocycles. The summed E-state index contributed by atoms with van der Waals surface area (Å²) in [6.07, 6.45) is 0.990. The molecule has 13 heavy (non-hydrogen) atoms. The van der Waals surface area contributed by atoms with Gasteiger partial charge in [0.1, 0.15) is 0 Å². The molecule has 5 heteroatoms. The topological polar surface area (TPSA) is 57.6 Å². The van der Waals surface area contributed by atoms with Crippen molar-refractivity contribution < 1.29 is 13.0 Å². The Labute approximate surface area is 80.7 Å². The maximum absolute atomic E-state index is 10.5. The molecule has 0 aromatic rings. The van der Waals surface area contributed by atoms with Crippen molar-refractivity contribution >= 4 is 10.1 Å². The minimum atomic E-state index is -3.81. The second-order valence-corrected chi connectivity index (χ2v) is 4.99. The average molecular weight is 209 g/mol. The fourth-order valence-corrected chi connectivity index (χ4v) is 1.61. The van der Waals surface area contributed by atoms with Crippen molar-refractivity contribution in [2.45, 2.75) is 33.2 Å². The molecule has 0 unspecified atom stereocenters.